The molecule has 0 radical (unpaired) electrons. The smallest absolute Gasteiger partial charge is 0.255 e. The second-order valence-corrected chi connectivity index (χ2v) is 5.22. The van der Waals surface area contributed by atoms with Crippen molar-refractivity contribution in [2.45, 2.75) is 6.42 Å². The molecule has 1 aliphatic rings. The van der Waals surface area contributed by atoms with Gasteiger partial charge < -0.3 is 10.2 Å². The molecule has 0 atom stereocenters. The average molecular weight is 354 g/mol. The minimum Gasteiger partial charge on any atom is -0.337 e. The molecule has 3 rings (SSSR count). The van der Waals surface area contributed by atoms with Crippen molar-refractivity contribution in [3.63, 3.8) is 0 Å². The van der Waals surface area contributed by atoms with E-state index in [1.165, 1.54) is 0 Å². The van der Waals surface area contributed by atoms with Crippen LogP contribution < -0.4 is 5.32 Å². The SMILES string of the molecule is Cl.Cl.O=C(c1cncc(-c2ccccc2)c1)N1CCCNCC1. The summed E-state index contributed by atoms with van der Waals surface area (Å²) in [5.74, 6) is 0.0731. The molecule has 0 spiro atoms. The van der Waals surface area contributed by atoms with Crippen molar-refractivity contribution < 1.29 is 4.79 Å². The van der Waals surface area contributed by atoms with Crippen molar-refractivity contribution in [3.8, 4) is 11.1 Å². The van der Waals surface area contributed by atoms with E-state index >= 15 is 0 Å². The molecule has 0 unspecified atom stereocenters. The lowest BCUT2D eigenvalue weighted by atomic mass is 10.1. The summed E-state index contributed by atoms with van der Waals surface area (Å²) in [6.07, 6.45) is 4.46. The zero-order chi connectivity index (χ0) is 14.5. The van der Waals surface area contributed by atoms with Crippen molar-refractivity contribution in [1.29, 1.82) is 0 Å². The van der Waals surface area contributed by atoms with E-state index in [0.29, 0.717) is 5.56 Å². The highest BCUT2D eigenvalue weighted by Crippen LogP contribution is 2.19. The van der Waals surface area contributed by atoms with Gasteiger partial charge in [0.25, 0.3) is 5.91 Å². The van der Waals surface area contributed by atoms with Crippen LogP contribution in [0.2, 0.25) is 0 Å². The molecule has 4 nitrogen and oxygen atoms in total. The largest absolute Gasteiger partial charge is 0.337 e. The molecule has 1 aromatic carbocycles. The first-order valence-corrected chi connectivity index (χ1v) is 7.35. The van der Waals surface area contributed by atoms with Crippen LogP contribution in [0.3, 0.4) is 0 Å². The second-order valence-electron chi connectivity index (χ2n) is 5.22. The van der Waals surface area contributed by atoms with Crippen molar-refractivity contribution >= 4 is 30.7 Å². The Morgan fingerprint density at radius 1 is 1.00 bits per heavy atom. The number of nitrogens with zero attached hydrogens (tertiary/aromatic N) is 2. The van der Waals surface area contributed by atoms with E-state index < -0.39 is 0 Å². The fraction of sp³-hybridized carbons (Fsp3) is 0.294. The molecule has 0 bridgehead atoms. The normalized spacial score (nSPS) is 14.2. The molecule has 0 aliphatic carbocycles. The van der Waals surface area contributed by atoms with Crippen molar-refractivity contribution in [1.82, 2.24) is 15.2 Å². The molecule has 1 amide bonds. The summed E-state index contributed by atoms with van der Waals surface area (Å²) >= 11 is 0. The van der Waals surface area contributed by atoms with Gasteiger partial charge >= 0.3 is 0 Å². The number of hydrogen-bond acceptors (Lipinski definition) is 3. The highest BCUT2D eigenvalue weighted by molar-refractivity contribution is 5.95. The third-order valence-corrected chi connectivity index (χ3v) is 3.72. The minimum atomic E-state index is 0. The number of aromatic nitrogens is 1. The van der Waals surface area contributed by atoms with Crippen LogP contribution in [0.25, 0.3) is 11.1 Å². The number of amides is 1. The minimum absolute atomic E-state index is 0. The van der Waals surface area contributed by atoms with E-state index in [-0.39, 0.29) is 30.7 Å². The van der Waals surface area contributed by atoms with Gasteiger partial charge in [0.2, 0.25) is 0 Å². The van der Waals surface area contributed by atoms with Crippen LogP contribution in [0.5, 0.6) is 0 Å². The highest BCUT2D eigenvalue weighted by atomic mass is 35.5. The molecular formula is C17H21Cl2N3O. The van der Waals surface area contributed by atoms with E-state index in [1.54, 1.807) is 12.4 Å². The molecule has 1 saturated heterocycles. The van der Waals surface area contributed by atoms with Crippen molar-refractivity contribution in [2.24, 2.45) is 0 Å². The quantitative estimate of drug-likeness (QED) is 0.902. The van der Waals surface area contributed by atoms with Gasteiger partial charge in [0, 0.05) is 37.6 Å². The standard InChI is InChI=1S/C17H19N3O.2ClH/c21-17(20-9-4-7-18-8-10-20)16-11-15(12-19-13-16)14-5-2-1-3-6-14;;/h1-3,5-6,11-13,18H,4,7-10H2;2*1H. The fourth-order valence-electron chi connectivity index (χ4n) is 2.58. The van der Waals surface area contributed by atoms with E-state index in [4.69, 9.17) is 0 Å². The van der Waals surface area contributed by atoms with Gasteiger partial charge in [-0.25, -0.2) is 0 Å². The Labute approximate surface area is 149 Å². The number of halogens is 2. The van der Waals surface area contributed by atoms with Crippen molar-refractivity contribution in [3.05, 3.63) is 54.4 Å². The summed E-state index contributed by atoms with van der Waals surface area (Å²) in [4.78, 5) is 18.7. The van der Waals surface area contributed by atoms with Crippen molar-refractivity contribution in [2.75, 3.05) is 26.2 Å². The third kappa shape index (κ3) is 4.93. The Hall–Kier alpha value is -1.62. The summed E-state index contributed by atoms with van der Waals surface area (Å²) in [5, 5.41) is 3.31. The first-order valence-electron chi connectivity index (χ1n) is 7.35. The topological polar surface area (TPSA) is 45.2 Å². The number of benzene rings is 1. The Kier molecular flexibility index (Phi) is 8.03. The molecule has 2 heterocycles. The lowest BCUT2D eigenvalue weighted by molar-refractivity contribution is 0.0766. The van der Waals surface area contributed by atoms with Crippen LogP contribution in [0.15, 0.2) is 48.8 Å². The number of carbonyl (C=O) groups excluding carboxylic acids is 1. The molecule has 1 fully saturated rings. The van der Waals surface area contributed by atoms with Crippen LogP contribution in [0.1, 0.15) is 16.8 Å². The van der Waals surface area contributed by atoms with Gasteiger partial charge in [0.15, 0.2) is 0 Å². The fourth-order valence-corrected chi connectivity index (χ4v) is 2.58. The summed E-state index contributed by atoms with van der Waals surface area (Å²) in [6.45, 7) is 3.40. The van der Waals surface area contributed by atoms with Gasteiger partial charge in [0.1, 0.15) is 0 Å². The van der Waals surface area contributed by atoms with E-state index in [0.717, 1.165) is 43.7 Å². The van der Waals surface area contributed by atoms with E-state index in [9.17, 15) is 4.79 Å². The second kappa shape index (κ2) is 9.50. The molecular weight excluding hydrogens is 333 g/mol. The molecule has 1 aliphatic heterocycles. The lowest BCUT2D eigenvalue weighted by Gasteiger charge is -2.20. The van der Waals surface area contributed by atoms with Gasteiger partial charge in [-0.3, -0.25) is 9.78 Å². The van der Waals surface area contributed by atoms with Crippen LogP contribution >= 0.6 is 24.8 Å². The number of hydrogen-bond donors (Lipinski definition) is 1. The molecule has 0 saturated carbocycles. The van der Waals surface area contributed by atoms with Gasteiger partial charge in [-0.15, -0.1) is 24.8 Å². The van der Waals surface area contributed by atoms with Gasteiger partial charge in [0.05, 0.1) is 5.56 Å². The monoisotopic (exact) mass is 353 g/mol. The summed E-state index contributed by atoms with van der Waals surface area (Å²) in [7, 11) is 0. The maximum absolute atomic E-state index is 12.6. The third-order valence-electron chi connectivity index (χ3n) is 3.72. The average Bonchev–Trinajstić information content (AvgIpc) is 2.84. The summed E-state index contributed by atoms with van der Waals surface area (Å²) < 4.78 is 0. The van der Waals surface area contributed by atoms with Crippen LogP contribution in [0, 0.1) is 0 Å². The predicted octanol–water partition coefficient (Wildman–Crippen LogP) is 3.03. The van der Waals surface area contributed by atoms with E-state index in [1.807, 2.05) is 41.3 Å². The Morgan fingerprint density at radius 2 is 1.78 bits per heavy atom. The number of rotatable bonds is 2. The van der Waals surface area contributed by atoms with Crippen LogP contribution in [0.4, 0.5) is 0 Å². The highest BCUT2D eigenvalue weighted by Gasteiger charge is 2.17. The maximum atomic E-state index is 12.6. The van der Waals surface area contributed by atoms with Crippen LogP contribution in [-0.4, -0.2) is 42.0 Å². The summed E-state index contributed by atoms with van der Waals surface area (Å²) in [5.41, 5.74) is 2.73. The Balaban J connectivity index is 0.00000132. The van der Waals surface area contributed by atoms with E-state index in [2.05, 4.69) is 10.3 Å². The zero-order valence-corrected chi connectivity index (χ0v) is 14.4. The molecule has 1 N–H and O–H groups in total. The van der Waals surface area contributed by atoms with Gasteiger partial charge in [-0.05, 0) is 24.6 Å². The Bertz CT molecular complexity index is 614. The predicted molar refractivity (Wildman–Crippen MR) is 97.6 cm³/mol. The first-order chi connectivity index (χ1) is 10.3. The molecule has 23 heavy (non-hydrogen) atoms. The molecule has 124 valence electrons. The van der Waals surface area contributed by atoms with Crippen LogP contribution in [-0.2, 0) is 0 Å². The first kappa shape index (κ1) is 19.4. The molecule has 2 aromatic rings. The molecule has 1 aromatic heterocycles. The summed E-state index contributed by atoms with van der Waals surface area (Å²) in [6, 6.07) is 12.0. The number of carbonyl (C=O) groups is 1. The number of nitrogens with one attached hydrogen (secondary N) is 1. The zero-order valence-electron chi connectivity index (χ0n) is 12.8. The van der Waals surface area contributed by atoms with Gasteiger partial charge in [-0.1, -0.05) is 30.3 Å². The Morgan fingerprint density at radius 3 is 2.57 bits per heavy atom. The molecule has 6 heteroatoms. The lowest BCUT2D eigenvalue weighted by Crippen LogP contribution is -2.34. The number of pyridine rings is 1. The van der Waals surface area contributed by atoms with Gasteiger partial charge in [-0.2, -0.15) is 0 Å². The maximum Gasteiger partial charge on any atom is 0.255 e.